The first-order valence-corrected chi connectivity index (χ1v) is 7.93. The fraction of sp³-hybridized carbons (Fsp3) is 0.143. The van der Waals surface area contributed by atoms with Crippen molar-refractivity contribution in [1.82, 2.24) is 10.3 Å². The van der Waals surface area contributed by atoms with Crippen LogP contribution in [0.15, 0.2) is 35.0 Å². The molecule has 0 radical (unpaired) electrons. The standard InChI is InChI=1S/C14H13N3OS2/c15-14-17-11(8-20-14)3-5-16-13(18)10-1-2-12-9(7-10)4-6-19-12/h1-2,4,6-8H,3,5H2,(H2,15,17)(H,16,18). The number of aromatic nitrogens is 1. The first kappa shape index (κ1) is 13.1. The summed E-state index contributed by atoms with van der Waals surface area (Å²) in [5, 5.41) is 8.51. The van der Waals surface area contributed by atoms with Crippen molar-refractivity contribution in [3.8, 4) is 0 Å². The molecular weight excluding hydrogens is 290 g/mol. The van der Waals surface area contributed by atoms with Gasteiger partial charge in [0.15, 0.2) is 5.13 Å². The van der Waals surface area contributed by atoms with E-state index < -0.39 is 0 Å². The van der Waals surface area contributed by atoms with E-state index in [1.54, 1.807) is 11.3 Å². The molecule has 0 aliphatic carbocycles. The number of thiazole rings is 1. The number of anilines is 1. The van der Waals surface area contributed by atoms with Crippen LogP contribution < -0.4 is 11.1 Å². The molecule has 102 valence electrons. The second kappa shape index (κ2) is 5.60. The highest BCUT2D eigenvalue weighted by molar-refractivity contribution is 7.17. The number of nitrogens with one attached hydrogen (secondary N) is 1. The van der Waals surface area contributed by atoms with Gasteiger partial charge < -0.3 is 11.1 Å². The van der Waals surface area contributed by atoms with E-state index in [-0.39, 0.29) is 5.91 Å². The summed E-state index contributed by atoms with van der Waals surface area (Å²) in [6, 6.07) is 7.78. The molecule has 3 aromatic rings. The van der Waals surface area contributed by atoms with E-state index in [9.17, 15) is 4.79 Å². The normalized spacial score (nSPS) is 10.8. The molecule has 3 rings (SSSR count). The van der Waals surface area contributed by atoms with Crippen LogP contribution in [0.2, 0.25) is 0 Å². The van der Waals surface area contributed by atoms with Crippen LogP contribution in [0.4, 0.5) is 5.13 Å². The van der Waals surface area contributed by atoms with Crippen molar-refractivity contribution >= 4 is 43.8 Å². The zero-order chi connectivity index (χ0) is 13.9. The van der Waals surface area contributed by atoms with Crippen LogP contribution in [0, 0.1) is 0 Å². The molecule has 1 amide bonds. The number of fused-ring (bicyclic) bond motifs is 1. The Morgan fingerprint density at radius 3 is 3.00 bits per heavy atom. The first-order chi connectivity index (χ1) is 9.72. The maximum Gasteiger partial charge on any atom is 0.251 e. The molecule has 0 saturated heterocycles. The molecule has 0 bridgehead atoms. The van der Waals surface area contributed by atoms with Gasteiger partial charge in [-0.2, -0.15) is 0 Å². The minimum absolute atomic E-state index is 0.0544. The molecule has 0 saturated carbocycles. The Labute approximate surface area is 124 Å². The van der Waals surface area contributed by atoms with E-state index in [1.165, 1.54) is 16.0 Å². The molecule has 0 fully saturated rings. The third-order valence-electron chi connectivity index (χ3n) is 2.95. The van der Waals surface area contributed by atoms with Crippen LogP contribution in [0.3, 0.4) is 0 Å². The van der Waals surface area contributed by atoms with E-state index in [1.807, 2.05) is 35.0 Å². The lowest BCUT2D eigenvalue weighted by Crippen LogP contribution is -2.25. The molecule has 20 heavy (non-hydrogen) atoms. The second-order valence-electron chi connectivity index (χ2n) is 4.36. The predicted molar refractivity (Wildman–Crippen MR) is 84.4 cm³/mol. The molecule has 3 N–H and O–H groups in total. The number of carbonyl (C=O) groups excluding carboxylic acids is 1. The first-order valence-electron chi connectivity index (χ1n) is 6.18. The maximum atomic E-state index is 12.1. The monoisotopic (exact) mass is 303 g/mol. The average Bonchev–Trinajstić information content (AvgIpc) is 3.06. The minimum Gasteiger partial charge on any atom is -0.375 e. The highest BCUT2D eigenvalue weighted by Crippen LogP contribution is 2.21. The zero-order valence-corrected chi connectivity index (χ0v) is 12.3. The molecule has 0 aliphatic rings. The van der Waals surface area contributed by atoms with Crippen molar-refractivity contribution in [2.45, 2.75) is 6.42 Å². The number of benzene rings is 1. The number of nitrogens with zero attached hydrogens (tertiary/aromatic N) is 1. The number of carbonyl (C=O) groups is 1. The quantitative estimate of drug-likeness (QED) is 0.778. The lowest BCUT2D eigenvalue weighted by molar-refractivity contribution is 0.0954. The van der Waals surface area contributed by atoms with Gasteiger partial charge in [0.2, 0.25) is 0 Å². The van der Waals surface area contributed by atoms with Crippen molar-refractivity contribution in [2.24, 2.45) is 0 Å². The van der Waals surface area contributed by atoms with Gasteiger partial charge in [-0.15, -0.1) is 22.7 Å². The summed E-state index contributed by atoms with van der Waals surface area (Å²) < 4.78 is 1.19. The largest absolute Gasteiger partial charge is 0.375 e. The Morgan fingerprint density at radius 1 is 1.30 bits per heavy atom. The van der Waals surface area contributed by atoms with Crippen LogP contribution in [0.25, 0.3) is 10.1 Å². The van der Waals surface area contributed by atoms with E-state index in [4.69, 9.17) is 5.73 Å². The van der Waals surface area contributed by atoms with Crippen LogP contribution >= 0.6 is 22.7 Å². The maximum absolute atomic E-state index is 12.1. The van der Waals surface area contributed by atoms with Gasteiger partial charge in [-0.1, -0.05) is 0 Å². The summed E-state index contributed by atoms with van der Waals surface area (Å²) in [5.74, 6) is -0.0544. The third-order valence-corrected chi connectivity index (χ3v) is 4.57. The SMILES string of the molecule is Nc1nc(CCNC(=O)c2ccc3sccc3c2)cs1. The van der Waals surface area contributed by atoms with E-state index in [2.05, 4.69) is 10.3 Å². The number of nitrogens with two attached hydrogens (primary N) is 1. The number of hydrogen-bond acceptors (Lipinski definition) is 5. The predicted octanol–water partition coefficient (Wildman–Crippen LogP) is 2.91. The van der Waals surface area contributed by atoms with Gasteiger partial charge in [-0.05, 0) is 35.0 Å². The summed E-state index contributed by atoms with van der Waals surface area (Å²) in [6.07, 6.45) is 0.695. The molecule has 4 nitrogen and oxygen atoms in total. The number of hydrogen-bond donors (Lipinski definition) is 2. The third kappa shape index (κ3) is 2.81. The second-order valence-corrected chi connectivity index (χ2v) is 6.19. The van der Waals surface area contributed by atoms with E-state index in [0.29, 0.717) is 23.7 Å². The summed E-state index contributed by atoms with van der Waals surface area (Å²) in [7, 11) is 0. The van der Waals surface area contributed by atoms with Crippen molar-refractivity contribution in [1.29, 1.82) is 0 Å². The molecule has 1 aromatic carbocycles. The van der Waals surface area contributed by atoms with E-state index in [0.717, 1.165) is 11.1 Å². The van der Waals surface area contributed by atoms with Crippen molar-refractivity contribution < 1.29 is 4.79 Å². The molecule has 6 heteroatoms. The highest BCUT2D eigenvalue weighted by atomic mass is 32.1. The van der Waals surface area contributed by atoms with Gasteiger partial charge in [-0.3, -0.25) is 4.79 Å². The van der Waals surface area contributed by atoms with Crippen LogP contribution in [-0.4, -0.2) is 17.4 Å². The van der Waals surface area contributed by atoms with Crippen LogP contribution in [-0.2, 0) is 6.42 Å². The highest BCUT2D eigenvalue weighted by Gasteiger charge is 2.07. The summed E-state index contributed by atoms with van der Waals surface area (Å²) >= 11 is 3.09. The van der Waals surface area contributed by atoms with Gasteiger partial charge in [0.1, 0.15) is 0 Å². The minimum atomic E-state index is -0.0544. The number of amides is 1. The number of thiophene rings is 1. The summed E-state index contributed by atoms with van der Waals surface area (Å²) in [6.45, 7) is 0.559. The molecule has 0 spiro atoms. The average molecular weight is 303 g/mol. The van der Waals surface area contributed by atoms with Crippen LogP contribution in [0.1, 0.15) is 16.1 Å². The van der Waals surface area contributed by atoms with E-state index >= 15 is 0 Å². The van der Waals surface area contributed by atoms with Crippen molar-refractivity contribution in [3.05, 3.63) is 46.3 Å². The smallest absolute Gasteiger partial charge is 0.251 e. The fourth-order valence-electron chi connectivity index (χ4n) is 1.95. The lowest BCUT2D eigenvalue weighted by atomic mass is 10.1. The Hall–Kier alpha value is -1.92. The van der Waals surface area contributed by atoms with Gasteiger partial charge in [0.25, 0.3) is 5.91 Å². The van der Waals surface area contributed by atoms with Gasteiger partial charge in [0.05, 0.1) is 5.69 Å². The molecule has 0 unspecified atom stereocenters. The van der Waals surface area contributed by atoms with Crippen molar-refractivity contribution in [2.75, 3.05) is 12.3 Å². The molecular formula is C14H13N3OS2. The molecule has 2 heterocycles. The zero-order valence-electron chi connectivity index (χ0n) is 10.6. The number of nitrogen functional groups attached to an aromatic ring is 1. The van der Waals surface area contributed by atoms with Gasteiger partial charge >= 0.3 is 0 Å². The topological polar surface area (TPSA) is 68.0 Å². The molecule has 0 aliphatic heterocycles. The Bertz CT molecular complexity index is 748. The fourth-order valence-corrected chi connectivity index (χ4v) is 3.32. The number of rotatable bonds is 4. The Morgan fingerprint density at radius 2 is 2.20 bits per heavy atom. The summed E-state index contributed by atoms with van der Waals surface area (Å²) in [5.41, 5.74) is 7.17. The Kier molecular flexibility index (Phi) is 3.66. The van der Waals surface area contributed by atoms with Crippen molar-refractivity contribution in [3.63, 3.8) is 0 Å². The van der Waals surface area contributed by atoms with Crippen LogP contribution in [0.5, 0.6) is 0 Å². The van der Waals surface area contributed by atoms with Gasteiger partial charge in [0, 0.05) is 28.6 Å². The molecule has 2 aromatic heterocycles. The molecule has 0 atom stereocenters. The lowest BCUT2D eigenvalue weighted by Gasteiger charge is -2.04. The summed E-state index contributed by atoms with van der Waals surface area (Å²) in [4.78, 5) is 16.2. The van der Waals surface area contributed by atoms with Gasteiger partial charge in [-0.25, -0.2) is 4.98 Å². The Balaban J connectivity index is 1.61.